The average Bonchev–Trinajstić information content (AvgIpc) is 2.98. The third-order valence-electron chi connectivity index (χ3n) is 3.49. The Morgan fingerprint density at radius 1 is 1.32 bits per heavy atom. The van der Waals surface area contributed by atoms with Gasteiger partial charge in [-0.25, -0.2) is 13.1 Å². The molecular formula is C14H22ClN3O3S. The van der Waals surface area contributed by atoms with Gasteiger partial charge < -0.3 is 10.6 Å². The summed E-state index contributed by atoms with van der Waals surface area (Å²) in [5, 5.41) is 6.16. The van der Waals surface area contributed by atoms with Crippen LogP contribution in [0, 0.1) is 0 Å². The smallest absolute Gasteiger partial charge is 0.251 e. The highest BCUT2D eigenvalue weighted by Crippen LogP contribution is 2.06. The third-order valence-corrected chi connectivity index (χ3v) is 4.83. The number of rotatable bonds is 6. The largest absolute Gasteiger partial charge is 0.348 e. The van der Waals surface area contributed by atoms with Crippen molar-refractivity contribution in [1.29, 1.82) is 0 Å². The summed E-state index contributed by atoms with van der Waals surface area (Å²) in [5.74, 6) is -0.0347. The van der Waals surface area contributed by atoms with E-state index in [1.165, 1.54) is 0 Å². The zero-order chi connectivity index (χ0) is 15.3. The SMILES string of the molecule is CCS(=O)(=O)NCc1ccc(C(=O)NC2CCNC2)cc1.Cl. The van der Waals surface area contributed by atoms with E-state index in [0.29, 0.717) is 5.56 Å². The maximum Gasteiger partial charge on any atom is 0.251 e. The molecule has 0 bridgehead atoms. The van der Waals surface area contributed by atoms with Crippen molar-refractivity contribution in [2.75, 3.05) is 18.8 Å². The van der Waals surface area contributed by atoms with Crippen molar-refractivity contribution in [2.45, 2.75) is 25.9 Å². The van der Waals surface area contributed by atoms with Gasteiger partial charge in [0.1, 0.15) is 0 Å². The molecule has 2 rings (SSSR count). The Bertz CT molecular complexity index is 584. The summed E-state index contributed by atoms with van der Waals surface area (Å²) in [6, 6.07) is 7.15. The van der Waals surface area contributed by atoms with Gasteiger partial charge in [0.2, 0.25) is 10.0 Å². The van der Waals surface area contributed by atoms with Gasteiger partial charge in [0.15, 0.2) is 0 Å². The number of hydrogen-bond acceptors (Lipinski definition) is 4. The number of hydrogen-bond donors (Lipinski definition) is 3. The van der Waals surface area contributed by atoms with Crippen molar-refractivity contribution in [3.63, 3.8) is 0 Å². The minimum atomic E-state index is -3.20. The van der Waals surface area contributed by atoms with Crippen LogP contribution in [0.4, 0.5) is 0 Å². The van der Waals surface area contributed by atoms with Gasteiger partial charge in [0.05, 0.1) is 5.75 Å². The lowest BCUT2D eigenvalue weighted by atomic mass is 10.1. The second-order valence-corrected chi connectivity index (χ2v) is 7.18. The first-order chi connectivity index (χ1) is 10.00. The fourth-order valence-corrected chi connectivity index (χ4v) is 2.71. The Labute approximate surface area is 137 Å². The van der Waals surface area contributed by atoms with Crippen LogP contribution >= 0.6 is 12.4 Å². The average molecular weight is 348 g/mol. The van der Waals surface area contributed by atoms with E-state index in [1.54, 1.807) is 31.2 Å². The van der Waals surface area contributed by atoms with Crippen LogP contribution < -0.4 is 15.4 Å². The van der Waals surface area contributed by atoms with Crippen LogP contribution in [-0.4, -0.2) is 39.2 Å². The Morgan fingerprint density at radius 2 is 2.00 bits per heavy atom. The molecular weight excluding hydrogens is 326 g/mol. The molecule has 1 fully saturated rings. The molecule has 1 saturated heterocycles. The molecule has 1 atom stereocenters. The Hall–Kier alpha value is -1.15. The van der Waals surface area contributed by atoms with Crippen molar-refractivity contribution in [3.05, 3.63) is 35.4 Å². The fourth-order valence-electron chi connectivity index (χ4n) is 2.12. The van der Waals surface area contributed by atoms with E-state index in [1.807, 2.05) is 0 Å². The molecule has 1 unspecified atom stereocenters. The number of benzene rings is 1. The summed E-state index contributed by atoms with van der Waals surface area (Å²) >= 11 is 0. The van der Waals surface area contributed by atoms with Crippen molar-refractivity contribution < 1.29 is 13.2 Å². The van der Waals surface area contributed by atoms with Gasteiger partial charge in [-0.1, -0.05) is 12.1 Å². The molecule has 0 aromatic heterocycles. The first-order valence-electron chi connectivity index (χ1n) is 7.08. The quantitative estimate of drug-likeness (QED) is 0.704. The molecule has 124 valence electrons. The maximum absolute atomic E-state index is 12.0. The van der Waals surface area contributed by atoms with Crippen LogP contribution in [0.25, 0.3) is 0 Å². The van der Waals surface area contributed by atoms with E-state index in [9.17, 15) is 13.2 Å². The second-order valence-electron chi connectivity index (χ2n) is 5.08. The number of carbonyl (C=O) groups excluding carboxylic acids is 1. The number of carbonyl (C=O) groups is 1. The minimum Gasteiger partial charge on any atom is -0.348 e. The number of amides is 1. The van der Waals surface area contributed by atoms with Gasteiger partial charge in [-0.15, -0.1) is 12.4 Å². The summed E-state index contributed by atoms with van der Waals surface area (Å²) < 4.78 is 25.2. The molecule has 3 N–H and O–H groups in total. The minimum absolute atomic E-state index is 0. The zero-order valence-electron chi connectivity index (χ0n) is 12.5. The van der Waals surface area contributed by atoms with Crippen LogP contribution in [0.1, 0.15) is 29.3 Å². The topological polar surface area (TPSA) is 87.3 Å². The first-order valence-corrected chi connectivity index (χ1v) is 8.73. The van der Waals surface area contributed by atoms with Crippen molar-refractivity contribution in [1.82, 2.24) is 15.4 Å². The number of nitrogens with one attached hydrogen (secondary N) is 3. The highest BCUT2D eigenvalue weighted by atomic mass is 35.5. The highest BCUT2D eigenvalue weighted by Gasteiger charge is 2.17. The second kappa shape index (κ2) is 8.47. The summed E-state index contributed by atoms with van der Waals surface area (Å²) in [6.07, 6.45) is 0.947. The lowest BCUT2D eigenvalue weighted by molar-refractivity contribution is 0.0940. The summed E-state index contributed by atoms with van der Waals surface area (Å²) in [6.45, 7) is 3.57. The molecule has 1 heterocycles. The van der Waals surface area contributed by atoms with Gasteiger partial charge in [-0.2, -0.15) is 0 Å². The lowest BCUT2D eigenvalue weighted by Gasteiger charge is -2.11. The Morgan fingerprint density at radius 3 is 2.55 bits per heavy atom. The number of sulfonamides is 1. The molecule has 6 nitrogen and oxygen atoms in total. The van der Waals surface area contributed by atoms with Crippen LogP contribution in [-0.2, 0) is 16.6 Å². The first kappa shape index (κ1) is 18.9. The van der Waals surface area contributed by atoms with E-state index in [0.717, 1.165) is 25.1 Å². The predicted molar refractivity (Wildman–Crippen MR) is 88.7 cm³/mol. The summed E-state index contributed by atoms with van der Waals surface area (Å²) in [4.78, 5) is 12.0. The Kier molecular flexibility index (Phi) is 7.28. The van der Waals surface area contributed by atoms with Gasteiger partial charge >= 0.3 is 0 Å². The standard InChI is InChI=1S/C14H21N3O3S.ClH/c1-2-21(19,20)16-9-11-3-5-12(6-4-11)14(18)17-13-7-8-15-10-13;/h3-6,13,15-16H,2,7-10H2,1H3,(H,17,18);1H. The fraction of sp³-hybridized carbons (Fsp3) is 0.500. The van der Waals surface area contributed by atoms with Gasteiger partial charge in [0.25, 0.3) is 5.91 Å². The molecule has 1 amide bonds. The molecule has 1 aliphatic heterocycles. The van der Waals surface area contributed by atoms with Crippen molar-refractivity contribution >= 4 is 28.3 Å². The summed E-state index contributed by atoms with van der Waals surface area (Å²) in [7, 11) is -3.20. The molecule has 22 heavy (non-hydrogen) atoms. The van der Waals surface area contributed by atoms with E-state index >= 15 is 0 Å². The zero-order valence-corrected chi connectivity index (χ0v) is 14.1. The summed E-state index contributed by atoms with van der Waals surface area (Å²) in [5.41, 5.74) is 1.41. The van der Waals surface area contributed by atoms with E-state index < -0.39 is 10.0 Å². The molecule has 1 aliphatic rings. The predicted octanol–water partition coefficient (Wildman–Crippen LogP) is 0.639. The molecule has 1 aromatic rings. The Balaban J connectivity index is 0.00000242. The van der Waals surface area contributed by atoms with Gasteiger partial charge in [0, 0.05) is 24.7 Å². The van der Waals surface area contributed by atoms with Crippen molar-refractivity contribution in [2.24, 2.45) is 0 Å². The highest BCUT2D eigenvalue weighted by molar-refractivity contribution is 7.89. The molecule has 0 saturated carbocycles. The van der Waals surface area contributed by atoms with Crippen LogP contribution in [0.5, 0.6) is 0 Å². The molecule has 0 spiro atoms. The van der Waals surface area contributed by atoms with E-state index in [2.05, 4.69) is 15.4 Å². The molecule has 0 radical (unpaired) electrons. The van der Waals surface area contributed by atoms with Crippen molar-refractivity contribution in [3.8, 4) is 0 Å². The third kappa shape index (κ3) is 5.57. The maximum atomic E-state index is 12.0. The molecule has 0 aliphatic carbocycles. The molecule has 8 heteroatoms. The monoisotopic (exact) mass is 347 g/mol. The van der Waals surface area contributed by atoms with Crippen LogP contribution in [0.2, 0.25) is 0 Å². The number of halogens is 1. The van der Waals surface area contributed by atoms with E-state index in [4.69, 9.17) is 0 Å². The normalized spacial score (nSPS) is 17.8. The van der Waals surface area contributed by atoms with Crippen LogP contribution in [0.3, 0.4) is 0 Å². The lowest BCUT2D eigenvalue weighted by Crippen LogP contribution is -2.36. The van der Waals surface area contributed by atoms with Crippen LogP contribution in [0.15, 0.2) is 24.3 Å². The molecule has 1 aromatic carbocycles. The van der Waals surface area contributed by atoms with E-state index in [-0.39, 0.29) is 36.7 Å². The van der Waals surface area contributed by atoms with Gasteiger partial charge in [-0.3, -0.25) is 4.79 Å². The van der Waals surface area contributed by atoms with Gasteiger partial charge in [-0.05, 0) is 37.6 Å².